The summed E-state index contributed by atoms with van der Waals surface area (Å²) in [4.78, 5) is 12.9. The molecule has 3 nitrogen and oxygen atoms in total. The Kier molecular flexibility index (Phi) is 4.07. The third-order valence-electron chi connectivity index (χ3n) is 4.63. The fraction of sp³-hybridized carbons (Fsp3) is 0.316. The van der Waals surface area contributed by atoms with Crippen molar-refractivity contribution in [3.63, 3.8) is 0 Å². The van der Waals surface area contributed by atoms with Gasteiger partial charge in [-0.05, 0) is 43.5 Å². The molecule has 0 spiro atoms. The molecule has 0 saturated heterocycles. The van der Waals surface area contributed by atoms with E-state index in [1.807, 2.05) is 25.1 Å². The number of ether oxygens (including phenoxy) is 1. The van der Waals surface area contributed by atoms with E-state index in [2.05, 4.69) is 5.32 Å². The number of nitrogens with one attached hydrogen (secondary N) is 1. The Morgan fingerprint density at radius 1 is 1.22 bits per heavy atom. The van der Waals surface area contributed by atoms with E-state index in [1.165, 1.54) is 6.07 Å². The van der Waals surface area contributed by atoms with Gasteiger partial charge in [0.25, 0.3) is 0 Å². The highest BCUT2D eigenvalue weighted by Crippen LogP contribution is 2.46. The average Bonchev–Trinajstić information content (AvgIpc) is 2.48. The molecule has 0 aromatic heterocycles. The van der Waals surface area contributed by atoms with Crippen LogP contribution in [0.1, 0.15) is 30.4 Å². The van der Waals surface area contributed by atoms with Gasteiger partial charge in [-0.15, -0.1) is 0 Å². The van der Waals surface area contributed by atoms with Crippen molar-refractivity contribution in [1.29, 1.82) is 0 Å². The number of carbonyl (C=O) groups excluding carboxylic acids is 1. The summed E-state index contributed by atoms with van der Waals surface area (Å²) in [5.41, 5.74) is 1.35. The lowest BCUT2D eigenvalue weighted by Gasteiger charge is -2.40. The Morgan fingerprint density at radius 3 is 2.57 bits per heavy atom. The highest BCUT2D eigenvalue weighted by Gasteiger charge is 2.47. The maximum absolute atomic E-state index is 14.2. The summed E-state index contributed by atoms with van der Waals surface area (Å²) in [5.74, 6) is 0.114. The molecule has 0 aliphatic heterocycles. The largest absolute Gasteiger partial charge is 0.495 e. The molecule has 1 saturated carbocycles. The summed E-state index contributed by atoms with van der Waals surface area (Å²) < 4.78 is 19.5. The Bertz CT molecular complexity index is 738. The number of rotatable bonds is 4. The van der Waals surface area contributed by atoms with Crippen molar-refractivity contribution in [3.8, 4) is 5.75 Å². The van der Waals surface area contributed by atoms with Crippen molar-refractivity contribution in [2.24, 2.45) is 0 Å². The van der Waals surface area contributed by atoms with Crippen molar-refractivity contribution < 1.29 is 13.9 Å². The lowest BCUT2D eigenvalue weighted by molar-refractivity contribution is -0.124. The number of amides is 1. The maximum atomic E-state index is 14.2. The first kappa shape index (κ1) is 15.5. The van der Waals surface area contributed by atoms with Crippen molar-refractivity contribution >= 4 is 11.6 Å². The lowest BCUT2D eigenvalue weighted by Crippen LogP contribution is -2.46. The normalized spacial score (nSPS) is 15.6. The third-order valence-corrected chi connectivity index (χ3v) is 4.63. The van der Waals surface area contributed by atoms with Gasteiger partial charge in [-0.2, -0.15) is 0 Å². The van der Waals surface area contributed by atoms with E-state index in [1.54, 1.807) is 25.3 Å². The molecule has 1 aliphatic carbocycles. The van der Waals surface area contributed by atoms with Crippen LogP contribution >= 0.6 is 0 Å². The molecule has 1 N–H and O–H groups in total. The highest BCUT2D eigenvalue weighted by atomic mass is 19.1. The molecule has 4 heteroatoms. The van der Waals surface area contributed by atoms with E-state index in [-0.39, 0.29) is 11.7 Å². The summed E-state index contributed by atoms with van der Waals surface area (Å²) in [6.07, 6.45) is 2.24. The summed E-state index contributed by atoms with van der Waals surface area (Å²) >= 11 is 0. The topological polar surface area (TPSA) is 38.3 Å². The number of hydrogen-bond acceptors (Lipinski definition) is 2. The first-order valence-electron chi connectivity index (χ1n) is 7.78. The molecule has 0 bridgehead atoms. The molecule has 1 aliphatic rings. The van der Waals surface area contributed by atoms with Crippen LogP contribution in [0.15, 0.2) is 42.5 Å². The van der Waals surface area contributed by atoms with Crippen LogP contribution in [-0.4, -0.2) is 13.0 Å². The van der Waals surface area contributed by atoms with Gasteiger partial charge >= 0.3 is 0 Å². The lowest BCUT2D eigenvalue weighted by atomic mass is 9.63. The Balaban J connectivity index is 1.93. The van der Waals surface area contributed by atoms with Gasteiger partial charge in [0, 0.05) is 5.56 Å². The molecule has 120 valence electrons. The maximum Gasteiger partial charge on any atom is 0.235 e. The molecule has 0 radical (unpaired) electrons. The van der Waals surface area contributed by atoms with Crippen LogP contribution in [0.3, 0.4) is 0 Å². The smallest absolute Gasteiger partial charge is 0.235 e. The predicted molar refractivity (Wildman–Crippen MR) is 88.3 cm³/mol. The summed E-state index contributed by atoms with van der Waals surface area (Å²) in [7, 11) is 1.57. The fourth-order valence-electron chi connectivity index (χ4n) is 3.16. The molecule has 2 aromatic rings. The zero-order valence-electron chi connectivity index (χ0n) is 13.4. The Labute approximate surface area is 135 Å². The molecule has 0 atom stereocenters. The van der Waals surface area contributed by atoms with Gasteiger partial charge in [-0.3, -0.25) is 4.79 Å². The fourth-order valence-corrected chi connectivity index (χ4v) is 3.16. The minimum absolute atomic E-state index is 0.169. The first-order valence-corrected chi connectivity index (χ1v) is 7.78. The van der Waals surface area contributed by atoms with Crippen LogP contribution < -0.4 is 10.1 Å². The zero-order chi connectivity index (χ0) is 16.4. The average molecular weight is 313 g/mol. The Morgan fingerprint density at radius 2 is 1.96 bits per heavy atom. The van der Waals surface area contributed by atoms with Gasteiger partial charge in [0.2, 0.25) is 5.91 Å². The van der Waals surface area contributed by atoms with Crippen LogP contribution in [0, 0.1) is 12.7 Å². The quantitative estimate of drug-likeness (QED) is 0.918. The molecule has 0 heterocycles. The predicted octanol–water partition coefficient (Wildman–Crippen LogP) is 4.20. The third kappa shape index (κ3) is 2.69. The molecule has 1 fully saturated rings. The number of carbonyl (C=O) groups is 1. The minimum atomic E-state index is -0.778. The van der Waals surface area contributed by atoms with Crippen molar-refractivity contribution in [2.75, 3.05) is 12.4 Å². The van der Waals surface area contributed by atoms with Crippen molar-refractivity contribution in [3.05, 3.63) is 59.4 Å². The van der Waals surface area contributed by atoms with Gasteiger partial charge in [-0.25, -0.2) is 4.39 Å². The van der Waals surface area contributed by atoms with Gasteiger partial charge in [0.1, 0.15) is 11.6 Å². The van der Waals surface area contributed by atoms with Crippen molar-refractivity contribution in [1.82, 2.24) is 0 Å². The van der Waals surface area contributed by atoms with E-state index in [0.717, 1.165) is 12.0 Å². The van der Waals surface area contributed by atoms with Gasteiger partial charge in [0.15, 0.2) is 0 Å². The van der Waals surface area contributed by atoms with Crippen LogP contribution in [0.5, 0.6) is 5.75 Å². The zero-order valence-corrected chi connectivity index (χ0v) is 13.4. The molecule has 2 aromatic carbocycles. The molecule has 3 rings (SSSR count). The van der Waals surface area contributed by atoms with Crippen LogP contribution in [0.25, 0.3) is 0 Å². The number of benzene rings is 2. The number of hydrogen-bond donors (Lipinski definition) is 1. The molecule has 23 heavy (non-hydrogen) atoms. The van der Waals surface area contributed by atoms with E-state index >= 15 is 0 Å². The highest BCUT2D eigenvalue weighted by molar-refractivity contribution is 6.01. The van der Waals surface area contributed by atoms with Gasteiger partial charge in [0.05, 0.1) is 18.2 Å². The number of aryl methyl sites for hydroxylation is 1. The van der Waals surface area contributed by atoms with E-state index in [4.69, 9.17) is 4.74 Å². The number of methoxy groups -OCH3 is 1. The van der Waals surface area contributed by atoms with E-state index in [9.17, 15) is 9.18 Å². The SMILES string of the molecule is COc1ccc(C)cc1NC(=O)C1(c2ccccc2F)CCC1. The van der Waals surface area contributed by atoms with Gasteiger partial charge < -0.3 is 10.1 Å². The number of halogens is 1. The summed E-state index contributed by atoms with van der Waals surface area (Å²) in [6.45, 7) is 1.95. The second-order valence-electron chi connectivity index (χ2n) is 6.07. The number of anilines is 1. The molecule has 0 unspecified atom stereocenters. The summed E-state index contributed by atoms with van der Waals surface area (Å²) in [6, 6.07) is 12.2. The van der Waals surface area contributed by atoms with E-state index in [0.29, 0.717) is 29.8 Å². The molecule has 1 amide bonds. The van der Waals surface area contributed by atoms with Gasteiger partial charge in [-0.1, -0.05) is 30.7 Å². The minimum Gasteiger partial charge on any atom is -0.495 e. The second-order valence-corrected chi connectivity index (χ2v) is 6.07. The Hall–Kier alpha value is -2.36. The standard InChI is InChI=1S/C19H20FNO2/c1-13-8-9-17(23-2)16(12-13)21-18(22)19(10-5-11-19)14-6-3-4-7-15(14)20/h3-4,6-9,12H,5,10-11H2,1-2H3,(H,21,22). The monoisotopic (exact) mass is 313 g/mol. The van der Waals surface area contributed by atoms with E-state index < -0.39 is 5.41 Å². The van der Waals surface area contributed by atoms with Crippen molar-refractivity contribution in [2.45, 2.75) is 31.6 Å². The second kappa shape index (κ2) is 6.03. The first-order chi connectivity index (χ1) is 11.1. The molecular weight excluding hydrogens is 293 g/mol. The van der Waals surface area contributed by atoms with Crippen LogP contribution in [-0.2, 0) is 10.2 Å². The van der Waals surface area contributed by atoms with Crippen LogP contribution in [0.4, 0.5) is 10.1 Å². The van der Waals surface area contributed by atoms with Crippen LogP contribution in [0.2, 0.25) is 0 Å². The summed E-state index contributed by atoms with van der Waals surface area (Å²) in [5, 5.41) is 2.94. The molecular formula is C19H20FNO2.